The van der Waals surface area contributed by atoms with Gasteiger partial charge in [0.1, 0.15) is 12.0 Å². The summed E-state index contributed by atoms with van der Waals surface area (Å²) in [4.78, 5) is 10.5. The predicted octanol–water partition coefficient (Wildman–Crippen LogP) is 3.52. The molecular formula is C14H20O2. The maximum Gasteiger partial charge on any atom is 0.120 e. The van der Waals surface area contributed by atoms with Crippen LogP contribution in [0, 0.1) is 6.92 Å². The van der Waals surface area contributed by atoms with E-state index in [1.54, 1.807) is 6.07 Å². The van der Waals surface area contributed by atoms with Gasteiger partial charge in [-0.05, 0) is 41.5 Å². The lowest BCUT2D eigenvalue weighted by atomic mass is 9.89. The van der Waals surface area contributed by atoms with Crippen LogP contribution in [-0.4, -0.2) is 11.4 Å². The van der Waals surface area contributed by atoms with Gasteiger partial charge in [-0.2, -0.15) is 0 Å². The minimum absolute atomic E-state index is 0.218. The van der Waals surface area contributed by atoms with Gasteiger partial charge in [-0.25, -0.2) is 0 Å². The lowest BCUT2D eigenvalue weighted by molar-refractivity contribution is -0.108. The third-order valence-corrected chi connectivity index (χ3v) is 3.02. The number of phenolic OH excluding ortho intramolecular Hbond substituents is 1. The number of aryl methyl sites for hydroxylation is 1. The number of phenols is 1. The SMILES string of the molecule is Cc1cc(O)c(C(C)C)cc1C(C)CC=O. The van der Waals surface area contributed by atoms with E-state index in [0.717, 1.165) is 23.0 Å². The molecule has 0 radical (unpaired) electrons. The van der Waals surface area contributed by atoms with E-state index in [1.165, 1.54) is 0 Å². The molecule has 2 nitrogen and oxygen atoms in total. The Morgan fingerprint density at radius 2 is 1.88 bits per heavy atom. The van der Waals surface area contributed by atoms with Crippen LogP contribution in [0.2, 0.25) is 0 Å². The summed E-state index contributed by atoms with van der Waals surface area (Å²) in [6.07, 6.45) is 1.48. The first kappa shape index (κ1) is 12.8. The fraction of sp³-hybridized carbons (Fsp3) is 0.500. The van der Waals surface area contributed by atoms with Gasteiger partial charge in [0.25, 0.3) is 0 Å². The monoisotopic (exact) mass is 220 g/mol. The van der Waals surface area contributed by atoms with Gasteiger partial charge in [0.05, 0.1) is 0 Å². The Bertz CT molecular complexity index is 381. The second-order valence-electron chi connectivity index (χ2n) is 4.73. The molecule has 0 fully saturated rings. The molecule has 1 aromatic rings. The van der Waals surface area contributed by atoms with Crippen molar-refractivity contribution >= 4 is 6.29 Å². The van der Waals surface area contributed by atoms with Crippen LogP contribution in [0.1, 0.15) is 55.7 Å². The molecule has 0 aliphatic rings. The second-order valence-corrected chi connectivity index (χ2v) is 4.73. The van der Waals surface area contributed by atoms with E-state index in [4.69, 9.17) is 0 Å². The molecule has 88 valence electrons. The second kappa shape index (κ2) is 5.15. The molecule has 0 saturated heterocycles. The largest absolute Gasteiger partial charge is 0.508 e. The minimum Gasteiger partial charge on any atom is -0.508 e. The van der Waals surface area contributed by atoms with Crippen LogP contribution in [0.4, 0.5) is 0 Å². The molecule has 0 spiro atoms. The molecule has 16 heavy (non-hydrogen) atoms. The zero-order chi connectivity index (χ0) is 12.3. The van der Waals surface area contributed by atoms with E-state index in [0.29, 0.717) is 18.1 Å². The third-order valence-electron chi connectivity index (χ3n) is 3.02. The van der Waals surface area contributed by atoms with Crippen molar-refractivity contribution in [3.8, 4) is 5.75 Å². The highest BCUT2D eigenvalue weighted by Gasteiger charge is 2.13. The molecule has 0 aliphatic carbocycles. The zero-order valence-corrected chi connectivity index (χ0v) is 10.4. The normalized spacial score (nSPS) is 12.8. The topological polar surface area (TPSA) is 37.3 Å². The van der Waals surface area contributed by atoms with E-state index in [2.05, 4.69) is 13.8 Å². The van der Waals surface area contributed by atoms with Gasteiger partial charge in [-0.15, -0.1) is 0 Å². The number of carbonyl (C=O) groups excluding carboxylic acids is 1. The van der Waals surface area contributed by atoms with Crippen molar-refractivity contribution in [2.45, 2.75) is 46.0 Å². The Hall–Kier alpha value is -1.31. The first-order valence-corrected chi connectivity index (χ1v) is 5.74. The van der Waals surface area contributed by atoms with Crippen molar-refractivity contribution in [3.63, 3.8) is 0 Å². The summed E-state index contributed by atoms with van der Waals surface area (Å²) in [7, 11) is 0. The zero-order valence-electron chi connectivity index (χ0n) is 10.4. The van der Waals surface area contributed by atoms with Gasteiger partial charge in [0.15, 0.2) is 0 Å². The highest BCUT2D eigenvalue weighted by atomic mass is 16.3. The third kappa shape index (κ3) is 2.63. The minimum atomic E-state index is 0.218. The summed E-state index contributed by atoms with van der Waals surface area (Å²) in [6.45, 7) is 8.12. The van der Waals surface area contributed by atoms with Crippen molar-refractivity contribution < 1.29 is 9.90 Å². The molecule has 1 atom stereocenters. The summed E-state index contributed by atoms with van der Waals surface area (Å²) >= 11 is 0. The fourth-order valence-corrected chi connectivity index (χ4v) is 1.99. The molecule has 0 amide bonds. The first-order valence-electron chi connectivity index (χ1n) is 5.74. The molecule has 0 heterocycles. The van der Waals surface area contributed by atoms with Crippen LogP contribution in [0.5, 0.6) is 5.75 Å². The van der Waals surface area contributed by atoms with Crippen LogP contribution < -0.4 is 0 Å². The van der Waals surface area contributed by atoms with Crippen LogP contribution in [0.3, 0.4) is 0 Å². The highest BCUT2D eigenvalue weighted by Crippen LogP contribution is 2.32. The average molecular weight is 220 g/mol. The number of hydrogen-bond acceptors (Lipinski definition) is 2. The van der Waals surface area contributed by atoms with Crippen LogP contribution in [0.25, 0.3) is 0 Å². The molecule has 1 N–H and O–H groups in total. The van der Waals surface area contributed by atoms with Gasteiger partial charge in [-0.1, -0.05) is 26.8 Å². The Morgan fingerprint density at radius 1 is 1.25 bits per heavy atom. The van der Waals surface area contributed by atoms with Crippen LogP contribution in [-0.2, 0) is 4.79 Å². The summed E-state index contributed by atoms with van der Waals surface area (Å²) in [6, 6.07) is 3.83. The summed E-state index contributed by atoms with van der Waals surface area (Å²) < 4.78 is 0. The van der Waals surface area contributed by atoms with E-state index in [9.17, 15) is 9.90 Å². The predicted molar refractivity (Wildman–Crippen MR) is 66.0 cm³/mol. The van der Waals surface area contributed by atoms with Gasteiger partial charge in [0.2, 0.25) is 0 Å². The molecule has 0 aliphatic heterocycles. The molecule has 1 aromatic carbocycles. The van der Waals surface area contributed by atoms with E-state index in [-0.39, 0.29) is 5.92 Å². The molecule has 1 unspecified atom stereocenters. The first-order chi connectivity index (χ1) is 7.47. The Balaban J connectivity index is 3.18. The Morgan fingerprint density at radius 3 is 2.38 bits per heavy atom. The number of aldehydes is 1. The van der Waals surface area contributed by atoms with E-state index >= 15 is 0 Å². The van der Waals surface area contributed by atoms with E-state index in [1.807, 2.05) is 19.9 Å². The van der Waals surface area contributed by atoms with Crippen molar-refractivity contribution in [1.29, 1.82) is 0 Å². The van der Waals surface area contributed by atoms with Gasteiger partial charge in [-0.3, -0.25) is 0 Å². The number of benzene rings is 1. The van der Waals surface area contributed by atoms with Gasteiger partial charge >= 0.3 is 0 Å². The van der Waals surface area contributed by atoms with Gasteiger partial charge in [0, 0.05) is 6.42 Å². The average Bonchev–Trinajstić information content (AvgIpc) is 2.17. The van der Waals surface area contributed by atoms with E-state index < -0.39 is 0 Å². The number of rotatable bonds is 4. The Kier molecular flexibility index (Phi) is 4.11. The Labute approximate surface area is 97.3 Å². The maximum absolute atomic E-state index is 10.5. The van der Waals surface area contributed by atoms with Crippen LogP contribution >= 0.6 is 0 Å². The summed E-state index contributed by atoms with van der Waals surface area (Å²) in [5.41, 5.74) is 3.17. The lowest BCUT2D eigenvalue weighted by Crippen LogP contribution is -2.00. The molecule has 2 heteroatoms. The molecule has 0 saturated carbocycles. The fourth-order valence-electron chi connectivity index (χ4n) is 1.99. The molecule has 1 rings (SSSR count). The number of hydrogen-bond donors (Lipinski definition) is 1. The highest BCUT2D eigenvalue weighted by molar-refractivity contribution is 5.53. The summed E-state index contributed by atoms with van der Waals surface area (Å²) in [5.74, 6) is 0.868. The van der Waals surface area contributed by atoms with Crippen molar-refractivity contribution in [2.24, 2.45) is 0 Å². The number of aromatic hydroxyl groups is 1. The summed E-state index contributed by atoms with van der Waals surface area (Å²) in [5, 5.41) is 9.83. The van der Waals surface area contributed by atoms with Gasteiger partial charge < -0.3 is 9.90 Å². The standard InChI is InChI=1S/C14H20O2/c1-9(2)12-8-13(10(3)5-6-15)11(4)7-14(12)16/h6-10,16H,5H2,1-4H3. The van der Waals surface area contributed by atoms with Crippen LogP contribution in [0.15, 0.2) is 12.1 Å². The molecule has 0 bridgehead atoms. The van der Waals surface area contributed by atoms with Crippen molar-refractivity contribution in [3.05, 3.63) is 28.8 Å². The molecular weight excluding hydrogens is 200 g/mol. The maximum atomic E-state index is 10.5. The molecule has 0 aromatic heterocycles. The van der Waals surface area contributed by atoms with Crippen molar-refractivity contribution in [2.75, 3.05) is 0 Å². The van der Waals surface area contributed by atoms with Crippen molar-refractivity contribution in [1.82, 2.24) is 0 Å². The lowest BCUT2D eigenvalue weighted by Gasteiger charge is -2.17. The smallest absolute Gasteiger partial charge is 0.120 e. The number of carbonyl (C=O) groups is 1. The quantitative estimate of drug-likeness (QED) is 0.788.